The highest BCUT2D eigenvalue weighted by atomic mass is 16.7. The van der Waals surface area contributed by atoms with Crippen molar-refractivity contribution in [1.82, 2.24) is 15.1 Å². The van der Waals surface area contributed by atoms with E-state index in [1.165, 1.54) is 0 Å². The standard InChI is InChI=1S/C16H17N3O4/c1-10(20)19-6-2-3-12(8-19)16-18-17-15(23-16)11-4-5-13-14(7-11)22-9-21-13/h4-5,7,12H,2-3,6,8-9H2,1H3. The van der Waals surface area contributed by atoms with E-state index in [1.807, 2.05) is 23.1 Å². The first-order valence-electron chi connectivity index (χ1n) is 7.69. The summed E-state index contributed by atoms with van der Waals surface area (Å²) in [5.74, 6) is 2.63. The van der Waals surface area contributed by atoms with Gasteiger partial charge in [0.2, 0.25) is 24.5 Å². The minimum Gasteiger partial charge on any atom is -0.454 e. The molecule has 1 amide bonds. The number of nitrogens with zero attached hydrogens (tertiary/aromatic N) is 3. The summed E-state index contributed by atoms with van der Waals surface area (Å²) < 4.78 is 16.5. The van der Waals surface area contributed by atoms with Gasteiger partial charge in [-0.2, -0.15) is 0 Å². The molecular weight excluding hydrogens is 298 g/mol. The monoisotopic (exact) mass is 315 g/mol. The van der Waals surface area contributed by atoms with Gasteiger partial charge < -0.3 is 18.8 Å². The van der Waals surface area contributed by atoms with E-state index in [0.717, 1.165) is 30.7 Å². The van der Waals surface area contributed by atoms with Gasteiger partial charge in [0.25, 0.3) is 0 Å². The van der Waals surface area contributed by atoms with Crippen LogP contribution in [0, 0.1) is 0 Å². The maximum absolute atomic E-state index is 11.5. The van der Waals surface area contributed by atoms with Crippen LogP contribution in [0.25, 0.3) is 11.5 Å². The Labute approximate surface area is 133 Å². The molecule has 1 aromatic heterocycles. The third-order valence-electron chi connectivity index (χ3n) is 4.28. The summed E-state index contributed by atoms with van der Waals surface area (Å²) in [5, 5.41) is 8.32. The first kappa shape index (κ1) is 14.0. The average molecular weight is 315 g/mol. The Morgan fingerprint density at radius 1 is 1.26 bits per heavy atom. The molecule has 0 bridgehead atoms. The molecular formula is C16H17N3O4. The second-order valence-electron chi connectivity index (χ2n) is 5.82. The van der Waals surface area contributed by atoms with Gasteiger partial charge in [-0.25, -0.2) is 0 Å². The molecule has 4 rings (SSSR count). The molecule has 1 atom stereocenters. The third kappa shape index (κ3) is 2.62. The van der Waals surface area contributed by atoms with Crippen LogP contribution in [0.5, 0.6) is 11.5 Å². The normalized spacial score (nSPS) is 19.9. The van der Waals surface area contributed by atoms with Gasteiger partial charge in [0.05, 0.1) is 5.92 Å². The van der Waals surface area contributed by atoms with Crippen LogP contribution in [0.2, 0.25) is 0 Å². The molecule has 1 saturated heterocycles. The number of aromatic nitrogens is 2. The number of rotatable bonds is 2. The Morgan fingerprint density at radius 2 is 2.13 bits per heavy atom. The predicted octanol–water partition coefficient (Wildman–Crippen LogP) is 2.19. The van der Waals surface area contributed by atoms with Gasteiger partial charge in [0.1, 0.15) is 0 Å². The number of carbonyl (C=O) groups excluding carboxylic acids is 1. The van der Waals surface area contributed by atoms with Crippen molar-refractivity contribution in [2.75, 3.05) is 19.9 Å². The lowest BCUT2D eigenvalue weighted by atomic mass is 9.98. The number of fused-ring (bicyclic) bond motifs is 1. The van der Waals surface area contributed by atoms with E-state index >= 15 is 0 Å². The summed E-state index contributed by atoms with van der Waals surface area (Å²) in [6.45, 7) is 3.26. The first-order valence-corrected chi connectivity index (χ1v) is 7.69. The van der Waals surface area contributed by atoms with Crippen molar-refractivity contribution in [2.45, 2.75) is 25.7 Å². The highest BCUT2D eigenvalue weighted by Gasteiger charge is 2.27. The third-order valence-corrected chi connectivity index (χ3v) is 4.28. The van der Waals surface area contributed by atoms with Gasteiger partial charge in [-0.05, 0) is 31.0 Å². The lowest BCUT2D eigenvalue weighted by Crippen LogP contribution is -2.37. The quantitative estimate of drug-likeness (QED) is 0.845. The number of hydrogen-bond acceptors (Lipinski definition) is 6. The maximum Gasteiger partial charge on any atom is 0.247 e. The van der Waals surface area contributed by atoms with Gasteiger partial charge in [-0.15, -0.1) is 10.2 Å². The Bertz CT molecular complexity index is 743. The van der Waals surface area contributed by atoms with Crippen LogP contribution < -0.4 is 9.47 Å². The Kier molecular flexibility index (Phi) is 3.40. The fourth-order valence-corrected chi connectivity index (χ4v) is 3.01. The van der Waals surface area contributed by atoms with Crippen molar-refractivity contribution >= 4 is 5.91 Å². The zero-order chi connectivity index (χ0) is 15.8. The summed E-state index contributed by atoms with van der Waals surface area (Å²) in [6.07, 6.45) is 1.90. The van der Waals surface area contributed by atoms with Crippen molar-refractivity contribution in [3.63, 3.8) is 0 Å². The second kappa shape index (κ2) is 5.57. The molecule has 3 heterocycles. The fraction of sp³-hybridized carbons (Fsp3) is 0.438. The SMILES string of the molecule is CC(=O)N1CCCC(c2nnc(-c3ccc4c(c3)OCO4)o2)C1. The summed E-state index contributed by atoms with van der Waals surface area (Å²) >= 11 is 0. The predicted molar refractivity (Wildman–Crippen MR) is 80.1 cm³/mol. The van der Waals surface area contributed by atoms with Crippen LogP contribution in [0.3, 0.4) is 0 Å². The molecule has 1 unspecified atom stereocenters. The summed E-state index contributed by atoms with van der Waals surface area (Å²) in [7, 11) is 0. The van der Waals surface area contributed by atoms with Crippen LogP contribution in [0.4, 0.5) is 0 Å². The number of piperidine rings is 1. The molecule has 7 nitrogen and oxygen atoms in total. The van der Waals surface area contributed by atoms with E-state index in [-0.39, 0.29) is 18.6 Å². The molecule has 2 aliphatic rings. The van der Waals surface area contributed by atoms with Crippen LogP contribution in [0.1, 0.15) is 31.6 Å². The minimum atomic E-state index is 0.0882. The Balaban J connectivity index is 1.56. The molecule has 1 fully saturated rings. The smallest absolute Gasteiger partial charge is 0.247 e. The van der Waals surface area contributed by atoms with Crippen molar-refractivity contribution < 1.29 is 18.7 Å². The molecule has 0 aliphatic carbocycles. The van der Waals surface area contributed by atoms with Crippen molar-refractivity contribution in [3.8, 4) is 23.0 Å². The van der Waals surface area contributed by atoms with Gasteiger partial charge in [-0.3, -0.25) is 4.79 Å². The molecule has 0 spiro atoms. The maximum atomic E-state index is 11.5. The molecule has 2 aromatic rings. The van der Waals surface area contributed by atoms with E-state index in [9.17, 15) is 4.79 Å². The Hall–Kier alpha value is -2.57. The van der Waals surface area contributed by atoms with Crippen molar-refractivity contribution in [1.29, 1.82) is 0 Å². The fourth-order valence-electron chi connectivity index (χ4n) is 3.01. The van der Waals surface area contributed by atoms with E-state index in [4.69, 9.17) is 13.9 Å². The topological polar surface area (TPSA) is 77.7 Å². The highest BCUT2D eigenvalue weighted by molar-refractivity contribution is 5.73. The number of amides is 1. The molecule has 7 heteroatoms. The summed E-state index contributed by atoms with van der Waals surface area (Å²) in [4.78, 5) is 13.4. The van der Waals surface area contributed by atoms with E-state index in [1.54, 1.807) is 6.92 Å². The molecule has 1 aromatic carbocycles. The molecule has 120 valence electrons. The largest absolute Gasteiger partial charge is 0.454 e. The van der Waals surface area contributed by atoms with E-state index in [2.05, 4.69) is 10.2 Å². The number of ether oxygens (including phenoxy) is 2. The van der Waals surface area contributed by atoms with Crippen LogP contribution in [-0.2, 0) is 4.79 Å². The molecule has 0 N–H and O–H groups in total. The molecule has 0 radical (unpaired) electrons. The van der Waals surface area contributed by atoms with Crippen LogP contribution in [0.15, 0.2) is 22.6 Å². The first-order chi connectivity index (χ1) is 11.2. The lowest BCUT2D eigenvalue weighted by molar-refractivity contribution is -0.130. The van der Waals surface area contributed by atoms with Gasteiger partial charge >= 0.3 is 0 Å². The second-order valence-corrected chi connectivity index (χ2v) is 5.82. The summed E-state index contributed by atoms with van der Waals surface area (Å²) in [5.41, 5.74) is 0.798. The lowest BCUT2D eigenvalue weighted by Gasteiger charge is -2.30. The van der Waals surface area contributed by atoms with Crippen molar-refractivity contribution in [3.05, 3.63) is 24.1 Å². The number of likely N-dealkylation sites (tertiary alicyclic amines) is 1. The average Bonchev–Trinajstić information content (AvgIpc) is 3.23. The Morgan fingerprint density at radius 3 is 3.00 bits per heavy atom. The van der Waals surface area contributed by atoms with Crippen LogP contribution in [-0.4, -0.2) is 40.9 Å². The molecule has 0 saturated carbocycles. The minimum absolute atomic E-state index is 0.0882. The van der Waals surface area contributed by atoms with Crippen LogP contribution >= 0.6 is 0 Å². The van der Waals surface area contributed by atoms with E-state index < -0.39 is 0 Å². The number of benzene rings is 1. The zero-order valence-electron chi connectivity index (χ0n) is 12.8. The summed E-state index contributed by atoms with van der Waals surface area (Å²) in [6, 6.07) is 5.54. The van der Waals surface area contributed by atoms with E-state index in [0.29, 0.717) is 24.1 Å². The molecule has 2 aliphatic heterocycles. The van der Waals surface area contributed by atoms with Gasteiger partial charge in [0, 0.05) is 25.6 Å². The van der Waals surface area contributed by atoms with Crippen molar-refractivity contribution in [2.24, 2.45) is 0 Å². The highest BCUT2D eigenvalue weighted by Crippen LogP contribution is 2.36. The van der Waals surface area contributed by atoms with Gasteiger partial charge in [-0.1, -0.05) is 0 Å². The number of carbonyl (C=O) groups is 1. The number of hydrogen-bond donors (Lipinski definition) is 0. The van der Waals surface area contributed by atoms with Gasteiger partial charge in [0.15, 0.2) is 11.5 Å². The zero-order valence-corrected chi connectivity index (χ0v) is 12.8. The molecule has 23 heavy (non-hydrogen) atoms.